The molecule has 0 saturated carbocycles. The van der Waals surface area contributed by atoms with Gasteiger partial charge in [-0.2, -0.15) is 0 Å². The monoisotopic (exact) mass is 232 g/mol. The molecule has 6 heteroatoms. The number of rotatable bonds is 3. The lowest BCUT2D eigenvalue weighted by atomic mass is 10.1. The molecule has 0 spiro atoms. The first-order valence-corrected chi connectivity index (χ1v) is 5.20. The molecule has 0 amide bonds. The van der Waals surface area contributed by atoms with Gasteiger partial charge in [0.05, 0.1) is 0 Å². The molecule has 0 aromatic carbocycles. The van der Waals surface area contributed by atoms with E-state index in [0.29, 0.717) is 11.3 Å². The van der Waals surface area contributed by atoms with E-state index < -0.39 is 5.97 Å². The van der Waals surface area contributed by atoms with Crippen LogP contribution in [0.25, 0.3) is 11.3 Å². The van der Waals surface area contributed by atoms with Crippen molar-refractivity contribution in [2.24, 2.45) is 0 Å². The van der Waals surface area contributed by atoms with Gasteiger partial charge >= 0.3 is 5.97 Å². The van der Waals surface area contributed by atoms with Crippen LogP contribution >= 0.6 is 0 Å². The Hall–Kier alpha value is -2.24. The Morgan fingerprint density at radius 3 is 2.76 bits per heavy atom. The number of nitrogens with zero attached hydrogens (tertiary/aromatic N) is 4. The molecule has 0 atom stereocenters. The van der Waals surface area contributed by atoms with Crippen LogP contribution in [-0.4, -0.2) is 31.1 Å². The third kappa shape index (κ3) is 2.01. The van der Waals surface area contributed by atoms with Crippen LogP contribution in [0.1, 0.15) is 30.4 Å². The van der Waals surface area contributed by atoms with Crippen LogP contribution in [0.4, 0.5) is 0 Å². The van der Waals surface area contributed by atoms with E-state index in [0.717, 1.165) is 0 Å². The van der Waals surface area contributed by atoms with Gasteiger partial charge in [0, 0.05) is 24.0 Å². The predicted molar refractivity (Wildman–Crippen MR) is 60.6 cm³/mol. The zero-order valence-corrected chi connectivity index (χ0v) is 9.53. The van der Waals surface area contributed by atoms with Crippen molar-refractivity contribution < 1.29 is 9.90 Å². The number of carbonyl (C=O) groups is 1. The molecular weight excluding hydrogens is 220 g/mol. The van der Waals surface area contributed by atoms with Crippen molar-refractivity contribution in [3.05, 3.63) is 30.2 Å². The molecule has 0 fully saturated rings. The maximum Gasteiger partial charge on any atom is 0.358 e. The predicted octanol–water partition coefficient (Wildman–Crippen LogP) is 1.62. The van der Waals surface area contributed by atoms with E-state index >= 15 is 0 Å². The molecule has 2 rings (SSSR count). The summed E-state index contributed by atoms with van der Waals surface area (Å²) >= 11 is 0. The Balaban J connectivity index is 2.65. The van der Waals surface area contributed by atoms with Gasteiger partial charge in [-0.3, -0.25) is 4.98 Å². The topological polar surface area (TPSA) is 80.9 Å². The lowest BCUT2D eigenvalue weighted by molar-refractivity contribution is 0.0691. The van der Waals surface area contributed by atoms with E-state index in [1.807, 2.05) is 13.8 Å². The molecular formula is C11H12N4O2. The van der Waals surface area contributed by atoms with Crippen molar-refractivity contribution in [3.8, 4) is 11.3 Å². The van der Waals surface area contributed by atoms with Crippen molar-refractivity contribution in [1.29, 1.82) is 0 Å². The summed E-state index contributed by atoms with van der Waals surface area (Å²) < 4.78 is 1.58. The SMILES string of the molecule is CC(C)n1nnc(C(=O)O)c1-c1cccnc1. The van der Waals surface area contributed by atoms with Gasteiger partial charge in [-0.25, -0.2) is 9.48 Å². The molecule has 6 nitrogen and oxygen atoms in total. The van der Waals surface area contributed by atoms with E-state index in [9.17, 15) is 4.79 Å². The van der Waals surface area contributed by atoms with Gasteiger partial charge in [-0.05, 0) is 26.0 Å². The van der Waals surface area contributed by atoms with E-state index in [4.69, 9.17) is 5.11 Å². The average molecular weight is 232 g/mol. The highest BCUT2D eigenvalue weighted by Crippen LogP contribution is 2.23. The maximum absolute atomic E-state index is 11.1. The molecule has 88 valence electrons. The molecule has 0 saturated heterocycles. The van der Waals surface area contributed by atoms with Crippen LogP contribution in [-0.2, 0) is 0 Å². The van der Waals surface area contributed by atoms with Crippen molar-refractivity contribution in [2.75, 3.05) is 0 Å². The number of aromatic nitrogens is 4. The summed E-state index contributed by atoms with van der Waals surface area (Å²) in [5, 5.41) is 16.7. The summed E-state index contributed by atoms with van der Waals surface area (Å²) in [6, 6.07) is 3.57. The van der Waals surface area contributed by atoms with Gasteiger partial charge < -0.3 is 5.11 Å². The minimum absolute atomic E-state index is 0.0332. The highest BCUT2D eigenvalue weighted by molar-refractivity contribution is 5.92. The van der Waals surface area contributed by atoms with E-state index in [1.54, 1.807) is 29.2 Å². The van der Waals surface area contributed by atoms with Gasteiger partial charge in [-0.1, -0.05) is 5.21 Å². The van der Waals surface area contributed by atoms with Gasteiger partial charge in [-0.15, -0.1) is 5.10 Å². The first-order valence-electron chi connectivity index (χ1n) is 5.20. The van der Waals surface area contributed by atoms with Gasteiger partial charge in [0.15, 0.2) is 5.69 Å². The van der Waals surface area contributed by atoms with Crippen molar-refractivity contribution in [1.82, 2.24) is 20.0 Å². The fourth-order valence-corrected chi connectivity index (χ4v) is 1.57. The Morgan fingerprint density at radius 2 is 2.24 bits per heavy atom. The van der Waals surface area contributed by atoms with Gasteiger partial charge in [0.1, 0.15) is 5.69 Å². The first-order chi connectivity index (χ1) is 8.11. The number of hydrogen-bond acceptors (Lipinski definition) is 4. The molecule has 2 aromatic heterocycles. The third-order valence-electron chi connectivity index (χ3n) is 2.32. The summed E-state index contributed by atoms with van der Waals surface area (Å²) in [6.07, 6.45) is 3.23. The van der Waals surface area contributed by atoms with E-state index in [2.05, 4.69) is 15.3 Å². The van der Waals surface area contributed by atoms with Crippen molar-refractivity contribution >= 4 is 5.97 Å². The van der Waals surface area contributed by atoms with Crippen LogP contribution < -0.4 is 0 Å². The normalized spacial score (nSPS) is 10.8. The summed E-state index contributed by atoms with van der Waals surface area (Å²) in [5.41, 5.74) is 1.14. The minimum atomic E-state index is -1.09. The quantitative estimate of drug-likeness (QED) is 0.869. The molecule has 2 heterocycles. The third-order valence-corrected chi connectivity index (χ3v) is 2.32. The molecule has 0 aliphatic heterocycles. The molecule has 0 unspecified atom stereocenters. The highest BCUT2D eigenvalue weighted by Gasteiger charge is 2.21. The Labute approximate surface area is 97.9 Å². The molecule has 0 bridgehead atoms. The van der Waals surface area contributed by atoms with E-state index in [-0.39, 0.29) is 11.7 Å². The minimum Gasteiger partial charge on any atom is -0.476 e. The zero-order chi connectivity index (χ0) is 12.4. The zero-order valence-electron chi connectivity index (χ0n) is 9.53. The molecule has 17 heavy (non-hydrogen) atoms. The van der Waals surface area contributed by atoms with Crippen LogP contribution in [0.2, 0.25) is 0 Å². The second-order valence-corrected chi connectivity index (χ2v) is 3.87. The number of hydrogen-bond donors (Lipinski definition) is 1. The molecule has 2 aromatic rings. The molecule has 0 radical (unpaired) electrons. The smallest absolute Gasteiger partial charge is 0.358 e. The lowest BCUT2D eigenvalue weighted by Gasteiger charge is -2.09. The first kappa shape index (κ1) is 11.3. The van der Waals surface area contributed by atoms with E-state index in [1.165, 1.54) is 0 Å². The van der Waals surface area contributed by atoms with Crippen LogP contribution in [0.15, 0.2) is 24.5 Å². The number of carboxylic acids is 1. The number of carboxylic acid groups (broad SMARTS) is 1. The summed E-state index contributed by atoms with van der Waals surface area (Å²) in [6.45, 7) is 3.83. The second-order valence-electron chi connectivity index (χ2n) is 3.87. The molecule has 1 N–H and O–H groups in total. The van der Waals surface area contributed by atoms with Crippen LogP contribution in [0.3, 0.4) is 0 Å². The fraction of sp³-hybridized carbons (Fsp3) is 0.273. The fourth-order valence-electron chi connectivity index (χ4n) is 1.57. The van der Waals surface area contributed by atoms with Crippen LogP contribution in [0.5, 0.6) is 0 Å². The number of pyridine rings is 1. The van der Waals surface area contributed by atoms with Gasteiger partial charge in [0.25, 0.3) is 0 Å². The number of aromatic carboxylic acids is 1. The summed E-state index contributed by atoms with van der Waals surface area (Å²) in [5.74, 6) is -1.09. The lowest BCUT2D eigenvalue weighted by Crippen LogP contribution is -2.07. The average Bonchev–Trinajstić information content (AvgIpc) is 2.74. The standard InChI is InChI=1S/C11H12N4O2/c1-7(2)15-10(8-4-3-5-12-6-8)9(11(16)17)13-14-15/h3-7H,1-2H3,(H,16,17). The van der Waals surface area contributed by atoms with Crippen molar-refractivity contribution in [3.63, 3.8) is 0 Å². The van der Waals surface area contributed by atoms with Crippen molar-refractivity contribution in [2.45, 2.75) is 19.9 Å². The Morgan fingerprint density at radius 1 is 1.47 bits per heavy atom. The molecule has 0 aliphatic carbocycles. The Kier molecular flexibility index (Phi) is 2.86. The Bertz CT molecular complexity index is 534. The second kappa shape index (κ2) is 4.32. The summed E-state index contributed by atoms with van der Waals surface area (Å²) in [4.78, 5) is 15.1. The summed E-state index contributed by atoms with van der Waals surface area (Å²) in [7, 11) is 0. The van der Waals surface area contributed by atoms with Crippen LogP contribution in [0, 0.1) is 0 Å². The largest absolute Gasteiger partial charge is 0.476 e. The highest BCUT2D eigenvalue weighted by atomic mass is 16.4. The maximum atomic E-state index is 11.1. The van der Waals surface area contributed by atoms with Gasteiger partial charge in [0.2, 0.25) is 0 Å². The molecule has 0 aliphatic rings.